The molecule has 1 aliphatic carbocycles. The van der Waals surface area contributed by atoms with Crippen LogP contribution in [0.1, 0.15) is 41.6 Å². The number of nitrogens with zero attached hydrogens (tertiary/aromatic N) is 2. The van der Waals surface area contributed by atoms with E-state index >= 15 is 0 Å². The molecule has 1 saturated carbocycles. The highest BCUT2D eigenvalue weighted by Gasteiger charge is 2.47. The Hall–Kier alpha value is -0.970. The van der Waals surface area contributed by atoms with Gasteiger partial charge in [0, 0.05) is 5.41 Å². The van der Waals surface area contributed by atoms with Crippen molar-refractivity contribution < 1.29 is 9.90 Å². The van der Waals surface area contributed by atoms with Crippen molar-refractivity contribution in [2.45, 2.75) is 31.6 Å². The third-order valence-electron chi connectivity index (χ3n) is 2.71. The standard InChI is InChI=1S/C8H10N2O2S/c1-2-8(3-4-8)6-5(7(11)12)13-10-9-6/h2-4H2,1H3,(H,11,12). The van der Waals surface area contributed by atoms with E-state index in [1.165, 1.54) is 0 Å². The van der Waals surface area contributed by atoms with E-state index < -0.39 is 5.97 Å². The van der Waals surface area contributed by atoms with E-state index in [4.69, 9.17) is 5.11 Å². The number of carboxylic acid groups (broad SMARTS) is 1. The third-order valence-corrected chi connectivity index (χ3v) is 3.43. The van der Waals surface area contributed by atoms with Crippen molar-refractivity contribution in [3.8, 4) is 0 Å². The molecule has 1 heterocycles. The molecule has 70 valence electrons. The first-order chi connectivity index (χ1) is 6.19. The van der Waals surface area contributed by atoms with Gasteiger partial charge in [0.15, 0.2) is 4.88 Å². The van der Waals surface area contributed by atoms with E-state index in [2.05, 4.69) is 16.5 Å². The second kappa shape index (κ2) is 2.77. The molecule has 1 aliphatic rings. The lowest BCUT2D eigenvalue weighted by Gasteiger charge is -2.07. The van der Waals surface area contributed by atoms with Gasteiger partial charge >= 0.3 is 5.97 Å². The Balaban J connectivity index is 2.40. The van der Waals surface area contributed by atoms with Crippen molar-refractivity contribution in [1.82, 2.24) is 9.59 Å². The van der Waals surface area contributed by atoms with Crippen LogP contribution in [0.15, 0.2) is 0 Å². The summed E-state index contributed by atoms with van der Waals surface area (Å²) >= 11 is 0.979. The van der Waals surface area contributed by atoms with Crippen LogP contribution in [0, 0.1) is 0 Å². The molecule has 0 saturated heterocycles. The number of hydrogen-bond acceptors (Lipinski definition) is 4. The van der Waals surface area contributed by atoms with Crippen LogP contribution >= 0.6 is 11.5 Å². The predicted molar refractivity (Wildman–Crippen MR) is 48.1 cm³/mol. The van der Waals surface area contributed by atoms with Crippen molar-refractivity contribution in [2.24, 2.45) is 0 Å². The van der Waals surface area contributed by atoms with Gasteiger partial charge in [-0.1, -0.05) is 11.4 Å². The molecular weight excluding hydrogens is 188 g/mol. The average molecular weight is 198 g/mol. The molecular formula is C8H10N2O2S. The summed E-state index contributed by atoms with van der Waals surface area (Å²) < 4.78 is 3.71. The summed E-state index contributed by atoms with van der Waals surface area (Å²) in [7, 11) is 0. The lowest BCUT2D eigenvalue weighted by Crippen LogP contribution is -2.10. The van der Waals surface area contributed by atoms with Gasteiger partial charge in [-0.05, 0) is 30.8 Å². The van der Waals surface area contributed by atoms with Crippen molar-refractivity contribution in [2.75, 3.05) is 0 Å². The molecule has 2 rings (SSSR count). The Morgan fingerprint density at radius 3 is 2.85 bits per heavy atom. The summed E-state index contributed by atoms with van der Waals surface area (Å²) in [6.45, 7) is 2.07. The fourth-order valence-corrected chi connectivity index (χ4v) is 2.21. The van der Waals surface area contributed by atoms with Crippen LogP contribution in [0.5, 0.6) is 0 Å². The maximum atomic E-state index is 10.8. The van der Waals surface area contributed by atoms with Crippen LogP contribution in [0.25, 0.3) is 0 Å². The highest BCUT2D eigenvalue weighted by molar-refractivity contribution is 7.07. The molecule has 0 amide bonds. The highest BCUT2D eigenvalue weighted by atomic mass is 32.1. The van der Waals surface area contributed by atoms with Crippen LogP contribution in [0.4, 0.5) is 0 Å². The summed E-state index contributed by atoms with van der Waals surface area (Å²) in [5.41, 5.74) is 0.744. The van der Waals surface area contributed by atoms with Crippen LogP contribution in [0.2, 0.25) is 0 Å². The maximum absolute atomic E-state index is 10.8. The Labute approximate surface area is 79.8 Å². The fraction of sp³-hybridized carbons (Fsp3) is 0.625. The molecule has 4 nitrogen and oxygen atoms in total. The molecule has 13 heavy (non-hydrogen) atoms. The normalized spacial score (nSPS) is 18.5. The van der Waals surface area contributed by atoms with Gasteiger partial charge in [0.25, 0.3) is 0 Å². The van der Waals surface area contributed by atoms with Gasteiger partial charge in [0.2, 0.25) is 0 Å². The molecule has 1 aromatic rings. The van der Waals surface area contributed by atoms with Gasteiger partial charge in [-0.2, -0.15) is 0 Å². The first kappa shape index (κ1) is 8.62. The smallest absolute Gasteiger partial charge is 0.349 e. The quantitative estimate of drug-likeness (QED) is 0.802. The molecule has 0 spiro atoms. The number of carbonyl (C=O) groups is 1. The molecule has 0 unspecified atom stereocenters. The van der Waals surface area contributed by atoms with Gasteiger partial charge in [0.1, 0.15) is 0 Å². The minimum absolute atomic E-state index is 0.0424. The Kier molecular flexibility index (Phi) is 1.83. The largest absolute Gasteiger partial charge is 0.477 e. The first-order valence-electron chi connectivity index (χ1n) is 4.26. The minimum atomic E-state index is -0.898. The van der Waals surface area contributed by atoms with Crippen molar-refractivity contribution in [1.29, 1.82) is 0 Å². The SMILES string of the molecule is CCC1(c2nnsc2C(=O)O)CC1. The van der Waals surface area contributed by atoms with Gasteiger partial charge in [-0.25, -0.2) is 4.79 Å². The number of carboxylic acids is 1. The molecule has 5 heteroatoms. The monoisotopic (exact) mass is 198 g/mol. The first-order valence-corrected chi connectivity index (χ1v) is 5.03. The number of hydrogen-bond donors (Lipinski definition) is 1. The summed E-state index contributed by atoms with van der Waals surface area (Å²) in [6.07, 6.45) is 3.06. The lowest BCUT2D eigenvalue weighted by molar-refractivity contribution is 0.0700. The second-order valence-electron chi connectivity index (χ2n) is 3.39. The van der Waals surface area contributed by atoms with Gasteiger partial charge in [0.05, 0.1) is 5.69 Å². The predicted octanol–water partition coefficient (Wildman–Crippen LogP) is 1.68. The summed E-state index contributed by atoms with van der Waals surface area (Å²) in [4.78, 5) is 11.1. The Morgan fingerprint density at radius 2 is 2.38 bits per heavy atom. The Morgan fingerprint density at radius 1 is 1.69 bits per heavy atom. The van der Waals surface area contributed by atoms with Crippen LogP contribution < -0.4 is 0 Å². The van der Waals surface area contributed by atoms with E-state index in [0.717, 1.165) is 30.8 Å². The third kappa shape index (κ3) is 1.23. The number of aromatic nitrogens is 2. The van der Waals surface area contributed by atoms with Gasteiger partial charge in [-0.15, -0.1) is 5.10 Å². The summed E-state index contributed by atoms with van der Waals surface area (Å²) in [5.74, 6) is -0.898. The van der Waals surface area contributed by atoms with E-state index in [9.17, 15) is 4.79 Å². The number of rotatable bonds is 3. The molecule has 0 aromatic carbocycles. The lowest BCUT2D eigenvalue weighted by atomic mass is 9.98. The fourth-order valence-electron chi connectivity index (χ4n) is 1.59. The van der Waals surface area contributed by atoms with E-state index in [1.54, 1.807) is 0 Å². The Bertz CT molecular complexity index is 344. The molecule has 0 aliphatic heterocycles. The van der Waals surface area contributed by atoms with Crippen molar-refractivity contribution >= 4 is 17.5 Å². The molecule has 0 bridgehead atoms. The van der Waals surface area contributed by atoms with E-state index in [0.29, 0.717) is 10.6 Å². The topological polar surface area (TPSA) is 63.1 Å². The van der Waals surface area contributed by atoms with Crippen molar-refractivity contribution in [3.63, 3.8) is 0 Å². The van der Waals surface area contributed by atoms with Crippen molar-refractivity contribution in [3.05, 3.63) is 10.6 Å². The van der Waals surface area contributed by atoms with Crippen LogP contribution in [-0.4, -0.2) is 20.7 Å². The summed E-state index contributed by atoms with van der Waals surface area (Å²) in [5, 5.41) is 12.8. The molecule has 0 radical (unpaired) electrons. The summed E-state index contributed by atoms with van der Waals surface area (Å²) in [6, 6.07) is 0. The van der Waals surface area contributed by atoms with E-state index in [1.807, 2.05) is 0 Å². The molecule has 1 N–H and O–H groups in total. The maximum Gasteiger partial charge on any atom is 0.349 e. The zero-order valence-corrected chi connectivity index (χ0v) is 8.10. The molecule has 1 aromatic heterocycles. The van der Waals surface area contributed by atoms with Gasteiger partial charge in [-0.3, -0.25) is 0 Å². The molecule has 1 fully saturated rings. The molecule has 0 atom stereocenters. The van der Waals surface area contributed by atoms with Crippen LogP contribution in [0.3, 0.4) is 0 Å². The van der Waals surface area contributed by atoms with Crippen LogP contribution in [-0.2, 0) is 5.41 Å². The highest BCUT2D eigenvalue weighted by Crippen LogP contribution is 2.51. The zero-order valence-electron chi connectivity index (χ0n) is 7.28. The number of aromatic carboxylic acids is 1. The van der Waals surface area contributed by atoms with E-state index in [-0.39, 0.29) is 5.41 Å². The van der Waals surface area contributed by atoms with Gasteiger partial charge < -0.3 is 5.11 Å². The zero-order chi connectivity index (χ0) is 9.47. The average Bonchev–Trinajstić information content (AvgIpc) is 2.74. The minimum Gasteiger partial charge on any atom is -0.477 e. The second-order valence-corrected chi connectivity index (χ2v) is 4.14.